The van der Waals surface area contributed by atoms with Gasteiger partial charge >= 0.3 is 0 Å². The zero-order valence-corrected chi connectivity index (χ0v) is 80.8. The van der Waals surface area contributed by atoms with Crippen LogP contribution < -0.4 is 0 Å². The van der Waals surface area contributed by atoms with E-state index in [1.807, 2.05) is 146 Å². The van der Waals surface area contributed by atoms with E-state index in [-0.39, 0.29) is 48.3 Å². The number of para-hydroxylation sites is 1. The fraction of sp³-hybridized carbons (Fsp3) is 0.215. The van der Waals surface area contributed by atoms with E-state index in [0.717, 1.165) is 126 Å². The van der Waals surface area contributed by atoms with E-state index in [9.17, 15) is 59.9 Å². The maximum atomic E-state index is 12.1. The molecule has 3 fully saturated rings. The van der Waals surface area contributed by atoms with Crippen molar-refractivity contribution in [2.75, 3.05) is 112 Å². The van der Waals surface area contributed by atoms with Crippen LogP contribution in [0.2, 0.25) is 0 Å². The molecular formula is C107H92N14O17S5. The lowest BCUT2D eigenvalue weighted by Crippen LogP contribution is -2.38. The summed E-state index contributed by atoms with van der Waals surface area (Å²) in [6.45, 7) is 16.7. The summed E-state index contributed by atoms with van der Waals surface area (Å²) in [5.74, 6) is -1.20. The Morgan fingerprint density at radius 3 is 1.08 bits per heavy atom. The Bertz CT molecular complexity index is 7840. The molecule has 0 amide bonds. The molecule has 31 nitrogen and oxygen atoms in total. The van der Waals surface area contributed by atoms with Crippen LogP contribution in [0, 0.1) is 16.4 Å². The standard InChI is InChI=1S/C25H25N3O4S.C24H23N3O5S.C23H23N3O2S.C18H12N2O4S.C17H9N3O2S/c29-15-20(30)16-8-9-19-18(14-16)23(27-32-13-12-28-10-4-1-5-11-28)24(26-19)22-17-6-2-3-7-21(17)33-25(22)31;28-14-19(29)15-5-6-18-17(13-15)22(26-32-12-9-27-7-10-31-11-8-27)23(25-18)21-16-3-1-2-4-20(16)33-24(21)30;27-23-20(17-9-3-5-11-19(17)29-23)22-21(16-8-2-4-10-18(16)24-22)25-28-15-14-26-12-6-1-7-13-26;21-8-13(22)9-5-6-12-11(7-9)16(20-24)17(19-12)15-10-3-1-2-4-14(10)25-18(15)23;1-18-9-6-7-12-11(8-9)15(20-22)16(19-12)14-10-4-2-3-5-13(10)23-17(14)21/h2-3,6-9,14,29,31H,1,4-5,10-13,15H2;1-6,13,28,30H,7-12,14H2;2-5,8-11,27H,1,6-7,12-15H2;1-7,19,21,23H,8H2;2-8,19,21H/b27-23+;26-22+;25-21+;;. The lowest BCUT2D eigenvalue weighted by atomic mass is 9.99. The predicted octanol–water partition coefficient (Wildman–Crippen LogP) is 22.1. The number of aromatic amines is 2. The summed E-state index contributed by atoms with van der Waals surface area (Å²) in [4.78, 5) is 107. The molecule has 10 aromatic carbocycles. The number of aromatic nitrogens is 2. The summed E-state index contributed by atoms with van der Waals surface area (Å²) in [5, 5.41) is 106. The molecule has 722 valence electrons. The number of hydrogen-bond acceptors (Lipinski definition) is 33. The van der Waals surface area contributed by atoms with Crippen molar-refractivity contribution in [2.45, 2.75) is 38.5 Å². The van der Waals surface area contributed by atoms with Crippen molar-refractivity contribution in [3.63, 3.8) is 0 Å². The van der Waals surface area contributed by atoms with Gasteiger partial charge in [-0.15, -0.1) is 9.81 Å². The summed E-state index contributed by atoms with van der Waals surface area (Å²) in [5.41, 5.74) is 14.7. The van der Waals surface area contributed by atoms with Gasteiger partial charge in [0, 0.05) is 138 Å². The first kappa shape index (κ1) is 96.8. The highest BCUT2D eigenvalue weighted by atomic mass is 32.1. The van der Waals surface area contributed by atoms with Gasteiger partial charge in [-0.05, 0) is 165 Å². The van der Waals surface area contributed by atoms with Crippen molar-refractivity contribution in [1.82, 2.24) is 24.7 Å². The molecule has 0 saturated carbocycles. The minimum atomic E-state index is -0.609. The number of hydrogen-bond donors (Lipinski definition) is 10. The van der Waals surface area contributed by atoms with E-state index in [1.165, 1.54) is 101 Å². The molecule has 0 unspecified atom stereocenters. The van der Waals surface area contributed by atoms with Crippen LogP contribution in [0.3, 0.4) is 0 Å². The highest BCUT2D eigenvalue weighted by Crippen LogP contribution is 2.52. The number of likely N-dealkylation sites (tertiary alicyclic amines) is 2. The van der Waals surface area contributed by atoms with E-state index >= 15 is 0 Å². The zero-order valence-electron chi connectivity index (χ0n) is 76.7. The Morgan fingerprint density at radius 2 is 0.692 bits per heavy atom. The van der Waals surface area contributed by atoms with Crippen molar-refractivity contribution < 1.29 is 74.5 Å². The number of aliphatic hydroxyl groups is 3. The molecule has 143 heavy (non-hydrogen) atoms. The molecule has 3 saturated heterocycles. The minimum Gasteiger partial charge on any atom is -0.499 e. The summed E-state index contributed by atoms with van der Waals surface area (Å²) < 4.78 is 10.1. The molecule has 7 aromatic heterocycles. The van der Waals surface area contributed by atoms with Crippen LogP contribution in [0.5, 0.6) is 25.3 Å². The smallest absolute Gasteiger partial charge is 0.188 e. The average molecular weight is 2010 g/mol. The van der Waals surface area contributed by atoms with Crippen molar-refractivity contribution in [3.8, 4) is 47.8 Å². The summed E-state index contributed by atoms with van der Waals surface area (Å²) in [6, 6.07) is 66.3. The van der Waals surface area contributed by atoms with Crippen LogP contribution in [0.1, 0.15) is 103 Å². The molecule has 6 aliphatic heterocycles. The van der Waals surface area contributed by atoms with Crippen LogP contribution in [-0.2, 0) is 19.2 Å². The number of nitroso groups, excluding NO2 is 2. The van der Waals surface area contributed by atoms with Crippen molar-refractivity contribution in [3.05, 3.63) is 290 Å². The largest absolute Gasteiger partial charge is 0.499 e. The molecule has 17 aromatic rings. The van der Waals surface area contributed by atoms with Crippen molar-refractivity contribution in [2.24, 2.45) is 40.8 Å². The first-order valence-electron chi connectivity index (χ1n) is 46.3. The summed E-state index contributed by atoms with van der Waals surface area (Å²) >= 11 is 6.41. The molecule has 10 N–H and O–H groups in total. The molecular weight excluding hydrogens is 1910 g/mol. The van der Waals surface area contributed by atoms with E-state index < -0.39 is 25.6 Å². The van der Waals surface area contributed by atoms with Crippen LogP contribution in [-0.4, -0.2) is 229 Å². The van der Waals surface area contributed by atoms with Gasteiger partial charge in [0.1, 0.15) is 85.3 Å². The quantitative estimate of drug-likeness (QED) is 0.00835. The number of thiophene rings is 5. The number of aliphatic hydroxyl groups excluding tert-OH is 3. The van der Waals surface area contributed by atoms with Gasteiger partial charge in [0.2, 0.25) is 0 Å². The number of piperidine rings is 2. The number of aliphatic imine (C=N–C) groups is 3. The lowest BCUT2D eigenvalue weighted by molar-refractivity contribution is 0.0213. The summed E-state index contributed by atoms with van der Waals surface area (Å²) in [7, 11) is 0. The van der Waals surface area contributed by atoms with Crippen LogP contribution in [0.25, 0.3) is 99.6 Å². The number of H-pyrrole nitrogens is 2. The molecule has 0 aliphatic carbocycles. The molecule has 0 spiro atoms. The SMILES string of the molecule is O=C(CO)c1ccc2c(c1)/C(=N\OCCN1CCCCC1)C(c1c(O)sc3ccccc13)=N2.O=C(CO)c1ccc2c(c1)/C(=N\OCCN1CCOCC1)C(c1c(O)sc3ccccc13)=N2.O=Nc1c(-c2c(O)sc3ccccc23)[nH]c2ccc(C(=O)CO)cc12.Oc1sc2ccccc2c1C1=Nc2ccccc2/C1=N\OCCN1CCCCC1.[C-]#[N+]c1ccc2[nH]c(-c3c(O)sc4ccccc34)c(N=O)c2c1. The van der Waals surface area contributed by atoms with Crippen LogP contribution in [0.15, 0.2) is 259 Å². The van der Waals surface area contributed by atoms with E-state index in [2.05, 4.69) is 55.3 Å². The average Bonchev–Trinajstić information content (AvgIpc) is 1.62. The maximum absolute atomic E-state index is 12.1. The Labute approximate surface area is 836 Å². The number of nitrogens with one attached hydrogen (secondary N) is 2. The van der Waals surface area contributed by atoms with Gasteiger partial charge in [-0.1, -0.05) is 200 Å². The number of fused-ring (bicyclic) bond motifs is 10. The zero-order chi connectivity index (χ0) is 98.7. The number of aromatic hydroxyl groups is 5. The highest BCUT2D eigenvalue weighted by Gasteiger charge is 2.35. The number of rotatable bonds is 25. The van der Waals surface area contributed by atoms with Gasteiger partial charge < -0.3 is 70.1 Å². The van der Waals surface area contributed by atoms with E-state index in [4.69, 9.17) is 45.9 Å². The first-order chi connectivity index (χ1) is 70.0. The van der Waals surface area contributed by atoms with Gasteiger partial charge in [0.15, 0.2) is 48.4 Å². The number of oxime groups is 3. The maximum Gasteiger partial charge on any atom is 0.188 e. The molecule has 36 heteroatoms. The van der Waals surface area contributed by atoms with Crippen LogP contribution in [0.4, 0.5) is 34.1 Å². The topological polar surface area (TPSA) is 429 Å². The molecule has 0 atom stereocenters. The number of ether oxygens (including phenoxy) is 1. The normalized spacial score (nSPS) is 15.4. The molecule has 6 aliphatic rings. The molecule has 23 rings (SSSR count). The number of nitrogens with zero attached hydrogens (tertiary/aromatic N) is 12. The fourth-order valence-corrected chi connectivity index (χ4v) is 23.0. The number of ketones is 3. The van der Waals surface area contributed by atoms with Gasteiger partial charge in [0.25, 0.3) is 0 Å². The second-order valence-electron chi connectivity index (χ2n) is 34.1. The molecule has 0 bridgehead atoms. The molecule has 0 radical (unpaired) electrons. The van der Waals surface area contributed by atoms with Crippen LogP contribution >= 0.6 is 56.7 Å². The third-order valence-electron chi connectivity index (χ3n) is 25.3. The predicted molar refractivity (Wildman–Crippen MR) is 567 cm³/mol. The van der Waals surface area contributed by atoms with Crippen molar-refractivity contribution >= 4 is 215 Å². The number of benzene rings is 10. The second kappa shape index (κ2) is 44.0. The van der Waals surface area contributed by atoms with E-state index in [1.54, 1.807) is 66.7 Å². The third-order valence-corrected chi connectivity index (χ3v) is 30.2. The number of Topliss-reactive ketones (excluding diaryl/α,β-unsaturated/α-hetero) is 3. The van der Waals surface area contributed by atoms with Gasteiger partial charge in [-0.2, -0.15) is 0 Å². The summed E-state index contributed by atoms with van der Waals surface area (Å²) in [6.07, 6.45) is 7.57. The van der Waals surface area contributed by atoms with Gasteiger partial charge in [0.05, 0.1) is 76.1 Å². The van der Waals surface area contributed by atoms with Gasteiger partial charge in [-0.25, -0.2) is 19.8 Å². The lowest BCUT2D eigenvalue weighted by Gasteiger charge is -2.25. The molecule has 13 heterocycles. The second-order valence-corrected chi connectivity index (χ2v) is 39.2. The first-order valence-corrected chi connectivity index (χ1v) is 50.4. The van der Waals surface area contributed by atoms with E-state index in [0.29, 0.717) is 168 Å². The Hall–Kier alpha value is -15.1. The Balaban J connectivity index is 0.000000114. The fourth-order valence-electron chi connectivity index (χ4n) is 18.2. The highest BCUT2D eigenvalue weighted by molar-refractivity contribution is 7.23. The Morgan fingerprint density at radius 1 is 0.371 bits per heavy atom. The monoisotopic (exact) mass is 2000 g/mol. The number of carbonyl (C=O) groups is 3. The minimum absolute atomic E-state index is 0.0873. The number of morpholine rings is 1. The third kappa shape index (κ3) is 20.4. The Kier molecular flexibility index (Phi) is 29.8. The number of carbonyl (C=O) groups excluding carboxylic acids is 3. The van der Waals surface area contributed by atoms with Crippen molar-refractivity contribution in [1.29, 1.82) is 0 Å². The van der Waals surface area contributed by atoms with Gasteiger partial charge in [-0.3, -0.25) is 29.1 Å².